The number of aryl methyl sites for hydroxylation is 1. The van der Waals surface area contributed by atoms with Gasteiger partial charge in [-0.15, -0.1) is 11.3 Å². The van der Waals surface area contributed by atoms with Crippen molar-refractivity contribution in [1.29, 1.82) is 0 Å². The molecule has 0 aliphatic carbocycles. The van der Waals surface area contributed by atoms with Gasteiger partial charge in [-0.25, -0.2) is 13.4 Å². The Kier molecular flexibility index (Phi) is 5.89. The van der Waals surface area contributed by atoms with Gasteiger partial charge in [0.25, 0.3) is 0 Å². The lowest BCUT2D eigenvalue weighted by Gasteiger charge is -2.31. The van der Waals surface area contributed by atoms with Crippen molar-refractivity contribution in [3.63, 3.8) is 0 Å². The lowest BCUT2D eigenvalue weighted by atomic mass is 10.1. The second-order valence-electron chi connectivity index (χ2n) is 7.19. The quantitative estimate of drug-likeness (QED) is 0.482. The fourth-order valence-corrected chi connectivity index (χ4v) is 6.56. The number of aromatic nitrogens is 1. The third-order valence-electron chi connectivity index (χ3n) is 5.18. The number of rotatable bonds is 4. The van der Waals surface area contributed by atoms with Gasteiger partial charge in [0, 0.05) is 24.0 Å². The molecule has 0 radical (unpaired) electrons. The molecule has 1 fully saturated rings. The zero-order valence-corrected chi connectivity index (χ0v) is 19.0. The fourth-order valence-electron chi connectivity index (χ4n) is 3.55. The minimum absolute atomic E-state index is 0.237. The van der Waals surface area contributed by atoms with Crippen LogP contribution < -0.4 is 4.90 Å². The van der Waals surface area contributed by atoms with Crippen LogP contribution >= 0.6 is 34.5 Å². The fraction of sp³-hybridized carbons (Fsp3) is 0.286. The first-order chi connectivity index (χ1) is 13.8. The molecule has 0 amide bonds. The summed E-state index contributed by atoms with van der Waals surface area (Å²) in [5, 5.41) is 3.19. The van der Waals surface area contributed by atoms with E-state index in [4.69, 9.17) is 28.2 Å². The van der Waals surface area contributed by atoms with E-state index in [0.717, 1.165) is 16.4 Å². The van der Waals surface area contributed by atoms with E-state index in [1.54, 1.807) is 11.3 Å². The van der Waals surface area contributed by atoms with Gasteiger partial charge < -0.3 is 4.90 Å². The predicted molar refractivity (Wildman–Crippen MR) is 121 cm³/mol. The first-order valence-corrected chi connectivity index (χ1v) is 12.5. The summed E-state index contributed by atoms with van der Waals surface area (Å²) in [6.45, 7) is 3.38. The Morgan fingerprint density at radius 1 is 1.07 bits per heavy atom. The number of anilines is 1. The molecule has 0 bridgehead atoms. The van der Waals surface area contributed by atoms with Gasteiger partial charge in [0.1, 0.15) is 0 Å². The maximum atomic E-state index is 13.0. The highest BCUT2D eigenvalue weighted by Crippen LogP contribution is 2.33. The molecule has 0 unspecified atom stereocenters. The van der Waals surface area contributed by atoms with Crippen molar-refractivity contribution in [3.05, 3.63) is 63.5 Å². The van der Waals surface area contributed by atoms with E-state index < -0.39 is 15.1 Å². The Morgan fingerprint density at radius 2 is 1.83 bits per heavy atom. The lowest BCUT2D eigenvalue weighted by molar-refractivity contribution is 0.529. The molecule has 1 aliphatic rings. The van der Waals surface area contributed by atoms with Crippen LogP contribution in [0.5, 0.6) is 0 Å². The van der Waals surface area contributed by atoms with E-state index in [-0.39, 0.29) is 9.92 Å². The summed E-state index contributed by atoms with van der Waals surface area (Å²) in [5.41, 5.74) is 3.26. The van der Waals surface area contributed by atoms with Crippen LogP contribution in [0.4, 0.5) is 5.13 Å². The Bertz CT molecular complexity index is 1140. The van der Waals surface area contributed by atoms with Gasteiger partial charge in [0.2, 0.25) is 0 Å². The number of sulfone groups is 1. The summed E-state index contributed by atoms with van der Waals surface area (Å²) < 4.78 is 26.0. The molecule has 1 aromatic heterocycles. The van der Waals surface area contributed by atoms with Crippen LogP contribution in [-0.2, 0) is 9.84 Å². The van der Waals surface area contributed by atoms with E-state index in [9.17, 15) is 8.42 Å². The monoisotopic (exact) mass is 466 g/mol. The molecule has 0 spiro atoms. The van der Waals surface area contributed by atoms with Gasteiger partial charge in [-0.3, -0.25) is 0 Å². The van der Waals surface area contributed by atoms with Crippen LogP contribution in [0.2, 0.25) is 10.0 Å². The highest BCUT2D eigenvalue weighted by Gasteiger charge is 2.32. The Balaban J connectivity index is 1.46. The van der Waals surface area contributed by atoms with Gasteiger partial charge in [-0.2, -0.15) is 0 Å². The zero-order valence-electron chi connectivity index (χ0n) is 15.8. The van der Waals surface area contributed by atoms with Crippen LogP contribution in [0.3, 0.4) is 0 Å². The molecule has 4 nitrogen and oxygen atoms in total. The summed E-state index contributed by atoms with van der Waals surface area (Å²) in [6, 6.07) is 12.8. The second-order valence-corrected chi connectivity index (χ2v) is 11.1. The van der Waals surface area contributed by atoms with E-state index >= 15 is 0 Å². The molecule has 29 heavy (non-hydrogen) atoms. The number of thiazole rings is 1. The smallest absolute Gasteiger partial charge is 0.185 e. The van der Waals surface area contributed by atoms with E-state index in [2.05, 4.69) is 35.4 Å². The van der Waals surface area contributed by atoms with Crippen LogP contribution in [0.1, 0.15) is 18.4 Å². The molecule has 4 rings (SSSR count). The number of halogens is 2. The maximum Gasteiger partial charge on any atom is 0.185 e. The summed E-state index contributed by atoms with van der Waals surface area (Å²) in [7, 11) is -3.44. The highest BCUT2D eigenvalue weighted by molar-refractivity contribution is 7.92. The lowest BCUT2D eigenvalue weighted by Crippen LogP contribution is -2.39. The predicted octanol–water partition coefficient (Wildman–Crippen LogP) is 5.87. The average molecular weight is 467 g/mol. The van der Waals surface area contributed by atoms with Crippen LogP contribution in [0.15, 0.2) is 52.7 Å². The summed E-state index contributed by atoms with van der Waals surface area (Å²) >= 11 is 13.5. The van der Waals surface area contributed by atoms with Crippen molar-refractivity contribution in [1.82, 2.24) is 4.98 Å². The first-order valence-electron chi connectivity index (χ1n) is 9.31. The molecule has 152 valence electrons. The van der Waals surface area contributed by atoms with Gasteiger partial charge in [-0.05, 0) is 44.0 Å². The summed E-state index contributed by atoms with van der Waals surface area (Å²) in [5.74, 6) is 0. The molecule has 0 saturated carbocycles. The Labute approximate surface area is 185 Å². The van der Waals surface area contributed by atoms with Gasteiger partial charge in [0.15, 0.2) is 15.0 Å². The average Bonchev–Trinajstić information content (AvgIpc) is 3.20. The molecular formula is C21H20Cl2N2O2S2. The van der Waals surface area contributed by atoms with E-state index in [0.29, 0.717) is 31.0 Å². The standard InChI is InChI=1S/C21H20Cl2N2O2S2/c1-14-3-2-4-15(11-14)20-13-28-21(24-20)25-9-7-16(8-10-25)29(26,27)17-5-6-18(22)19(23)12-17/h2-6,11-13,16H,7-10H2,1H3. The molecule has 3 aromatic rings. The third kappa shape index (κ3) is 4.31. The zero-order chi connectivity index (χ0) is 20.6. The molecule has 2 heterocycles. The van der Waals surface area contributed by atoms with Crippen molar-refractivity contribution in [3.8, 4) is 11.3 Å². The number of hydrogen-bond donors (Lipinski definition) is 0. The number of benzene rings is 2. The third-order valence-corrected chi connectivity index (χ3v) is 9.08. The van der Waals surface area contributed by atoms with Gasteiger partial charge in [0.05, 0.1) is 25.9 Å². The Morgan fingerprint density at radius 3 is 2.52 bits per heavy atom. The van der Waals surface area contributed by atoms with E-state index in [1.807, 2.05) is 6.07 Å². The van der Waals surface area contributed by atoms with Gasteiger partial charge >= 0.3 is 0 Å². The molecule has 0 N–H and O–H groups in total. The molecule has 1 aliphatic heterocycles. The van der Waals surface area contributed by atoms with Gasteiger partial charge in [-0.1, -0.05) is 47.0 Å². The van der Waals surface area contributed by atoms with Crippen LogP contribution in [0, 0.1) is 6.92 Å². The van der Waals surface area contributed by atoms with Crippen LogP contribution in [0.25, 0.3) is 11.3 Å². The maximum absolute atomic E-state index is 13.0. The topological polar surface area (TPSA) is 50.3 Å². The van der Waals surface area contributed by atoms with Crippen molar-refractivity contribution < 1.29 is 8.42 Å². The molecule has 1 saturated heterocycles. The number of piperidine rings is 1. The van der Waals surface area contributed by atoms with Crippen molar-refractivity contribution >= 4 is 49.5 Å². The summed E-state index contributed by atoms with van der Waals surface area (Å²) in [6.07, 6.45) is 1.11. The number of nitrogens with zero attached hydrogens (tertiary/aromatic N) is 2. The molecule has 0 atom stereocenters. The van der Waals surface area contributed by atoms with Crippen molar-refractivity contribution in [2.75, 3.05) is 18.0 Å². The van der Waals surface area contributed by atoms with Crippen molar-refractivity contribution in [2.45, 2.75) is 29.9 Å². The molecular weight excluding hydrogens is 447 g/mol. The van der Waals surface area contributed by atoms with Crippen molar-refractivity contribution in [2.24, 2.45) is 0 Å². The minimum atomic E-state index is -3.44. The van der Waals surface area contributed by atoms with Crippen LogP contribution in [-0.4, -0.2) is 31.7 Å². The molecule has 8 heteroatoms. The first kappa shape index (κ1) is 20.7. The normalized spacial score (nSPS) is 15.6. The minimum Gasteiger partial charge on any atom is -0.348 e. The Hall–Kier alpha value is -1.60. The highest BCUT2D eigenvalue weighted by atomic mass is 35.5. The largest absolute Gasteiger partial charge is 0.348 e. The molecule has 2 aromatic carbocycles. The second kappa shape index (κ2) is 8.26. The number of hydrogen-bond acceptors (Lipinski definition) is 5. The van der Waals surface area contributed by atoms with E-state index in [1.165, 1.54) is 23.8 Å². The summed E-state index contributed by atoms with van der Waals surface area (Å²) in [4.78, 5) is 7.18. The SMILES string of the molecule is Cc1cccc(-c2csc(N3CCC(S(=O)(=O)c4ccc(Cl)c(Cl)c4)CC3)n2)c1.